The van der Waals surface area contributed by atoms with Gasteiger partial charge >= 0.3 is 0 Å². The Labute approximate surface area is 71.5 Å². The van der Waals surface area contributed by atoms with Crippen LogP contribution in [0.25, 0.3) is 5.57 Å². The summed E-state index contributed by atoms with van der Waals surface area (Å²) in [4.78, 5) is 7.89. The molecule has 0 aliphatic carbocycles. The molecule has 3 N–H and O–H groups in total. The lowest BCUT2D eigenvalue weighted by atomic mass is 10.1. The number of hydrogen-bond acceptors (Lipinski definition) is 4. The Morgan fingerprint density at radius 1 is 1.58 bits per heavy atom. The van der Waals surface area contributed by atoms with Crippen LogP contribution in [0.2, 0.25) is 0 Å². The van der Waals surface area contributed by atoms with Gasteiger partial charge in [-0.05, 0) is 12.5 Å². The minimum Gasteiger partial charge on any atom is -0.383 e. The Balaban J connectivity index is 3.29. The van der Waals surface area contributed by atoms with Crippen molar-refractivity contribution in [1.29, 1.82) is 0 Å². The predicted octanol–water partition coefficient (Wildman–Crippen LogP) is 1.13. The summed E-state index contributed by atoms with van der Waals surface area (Å²) >= 11 is 0. The zero-order valence-electron chi connectivity index (χ0n) is 7.26. The molecule has 0 bridgehead atoms. The van der Waals surface area contributed by atoms with E-state index in [4.69, 9.17) is 5.73 Å². The van der Waals surface area contributed by atoms with Gasteiger partial charge in [0.1, 0.15) is 18.0 Å². The second-order valence-corrected chi connectivity index (χ2v) is 2.51. The maximum Gasteiger partial charge on any atom is 0.138 e. The summed E-state index contributed by atoms with van der Waals surface area (Å²) in [5.74, 6) is 1.18. The van der Waals surface area contributed by atoms with Gasteiger partial charge in [0.15, 0.2) is 0 Å². The van der Waals surface area contributed by atoms with Crippen molar-refractivity contribution in [3.8, 4) is 0 Å². The lowest BCUT2D eigenvalue weighted by Crippen LogP contribution is -2.03. The first-order valence-corrected chi connectivity index (χ1v) is 3.61. The zero-order valence-corrected chi connectivity index (χ0v) is 7.26. The first-order chi connectivity index (χ1) is 5.66. The van der Waals surface area contributed by atoms with E-state index in [1.165, 1.54) is 6.33 Å². The monoisotopic (exact) mass is 164 g/mol. The highest BCUT2D eigenvalue weighted by Gasteiger charge is 2.07. The van der Waals surface area contributed by atoms with Crippen LogP contribution >= 0.6 is 0 Å². The van der Waals surface area contributed by atoms with Gasteiger partial charge in [0.2, 0.25) is 0 Å². The van der Waals surface area contributed by atoms with Crippen molar-refractivity contribution in [3.63, 3.8) is 0 Å². The molecule has 1 rings (SSSR count). The van der Waals surface area contributed by atoms with Crippen LogP contribution in [0.15, 0.2) is 12.9 Å². The summed E-state index contributed by atoms with van der Waals surface area (Å²) in [6.07, 6.45) is 1.42. The second-order valence-electron chi connectivity index (χ2n) is 2.51. The predicted molar refractivity (Wildman–Crippen MR) is 50.7 cm³/mol. The van der Waals surface area contributed by atoms with Crippen molar-refractivity contribution in [1.82, 2.24) is 9.97 Å². The Bertz CT molecular complexity index is 306. The summed E-state index contributed by atoms with van der Waals surface area (Å²) in [5.41, 5.74) is 7.30. The van der Waals surface area contributed by atoms with Crippen LogP contribution < -0.4 is 11.1 Å². The number of hydrogen-bond donors (Lipinski definition) is 2. The van der Waals surface area contributed by atoms with Crippen LogP contribution in [-0.4, -0.2) is 17.0 Å². The zero-order chi connectivity index (χ0) is 9.14. The largest absolute Gasteiger partial charge is 0.383 e. The first-order valence-electron chi connectivity index (χ1n) is 3.61. The molecule has 0 fully saturated rings. The van der Waals surface area contributed by atoms with E-state index in [0.717, 1.165) is 17.0 Å². The van der Waals surface area contributed by atoms with Gasteiger partial charge in [-0.3, -0.25) is 0 Å². The summed E-state index contributed by atoms with van der Waals surface area (Å²) in [7, 11) is 1.79. The van der Waals surface area contributed by atoms with Crippen LogP contribution in [0.3, 0.4) is 0 Å². The Hall–Kier alpha value is -1.58. The molecule has 0 atom stereocenters. The second kappa shape index (κ2) is 3.21. The smallest absolute Gasteiger partial charge is 0.138 e. The molecule has 0 saturated heterocycles. The fraction of sp³-hybridized carbons (Fsp3) is 0.250. The molecule has 0 radical (unpaired) electrons. The van der Waals surface area contributed by atoms with E-state index in [1.807, 2.05) is 6.92 Å². The molecule has 0 amide bonds. The van der Waals surface area contributed by atoms with Crippen molar-refractivity contribution < 1.29 is 0 Å². The van der Waals surface area contributed by atoms with Crippen molar-refractivity contribution in [2.45, 2.75) is 6.92 Å². The molecule has 0 unspecified atom stereocenters. The van der Waals surface area contributed by atoms with E-state index in [2.05, 4.69) is 21.9 Å². The normalized spacial score (nSPS) is 9.50. The van der Waals surface area contributed by atoms with Gasteiger partial charge in [0.05, 0.1) is 5.56 Å². The van der Waals surface area contributed by atoms with Crippen LogP contribution in [0, 0.1) is 0 Å². The van der Waals surface area contributed by atoms with E-state index in [-0.39, 0.29) is 0 Å². The molecule has 1 aromatic heterocycles. The van der Waals surface area contributed by atoms with Crippen LogP contribution in [0.5, 0.6) is 0 Å². The first kappa shape index (κ1) is 8.52. The van der Waals surface area contributed by atoms with Gasteiger partial charge in [0.25, 0.3) is 0 Å². The number of nitrogens with two attached hydrogens (primary N) is 1. The Morgan fingerprint density at radius 3 is 2.67 bits per heavy atom. The molecule has 0 spiro atoms. The van der Waals surface area contributed by atoms with Crippen LogP contribution in [0.4, 0.5) is 11.6 Å². The average molecular weight is 164 g/mol. The van der Waals surface area contributed by atoms with Crippen molar-refractivity contribution in [2.75, 3.05) is 18.1 Å². The Morgan fingerprint density at radius 2 is 2.25 bits per heavy atom. The van der Waals surface area contributed by atoms with Gasteiger partial charge < -0.3 is 11.1 Å². The molecule has 0 aliphatic heterocycles. The minimum atomic E-state index is 0.460. The number of nitrogens with one attached hydrogen (secondary N) is 1. The molecule has 64 valence electrons. The SMILES string of the molecule is C=C(C)c1c(N)ncnc1NC. The number of nitrogens with zero attached hydrogens (tertiary/aromatic N) is 2. The maximum absolute atomic E-state index is 5.65. The van der Waals surface area contributed by atoms with Gasteiger partial charge in [-0.25, -0.2) is 9.97 Å². The van der Waals surface area contributed by atoms with Crippen molar-refractivity contribution in [3.05, 3.63) is 18.5 Å². The molecule has 4 nitrogen and oxygen atoms in total. The third-order valence-electron chi connectivity index (χ3n) is 1.54. The highest BCUT2D eigenvalue weighted by atomic mass is 15.0. The molecule has 4 heteroatoms. The van der Waals surface area contributed by atoms with E-state index in [0.29, 0.717) is 5.82 Å². The molecular weight excluding hydrogens is 152 g/mol. The number of rotatable bonds is 2. The minimum absolute atomic E-state index is 0.460. The topological polar surface area (TPSA) is 63.8 Å². The number of anilines is 2. The fourth-order valence-corrected chi connectivity index (χ4v) is 1.01. The van der Waals surface area contributed by atoms with E-state index < -0.39 is 0 Å². The average Bonchev–Trinajstić information content (AvgIpc) is 2.03. The van der Waals surface area contributed by atoms with Crippen LogP contribution in [-0.2, 0) is 0 Å². The van der Waals surface area contributed by atoms with Gasteiger partial charge in [-0.15, -0.1) is 0 Å². The lowest BCUT2D eigenvalue weighted by molar-refractivity contribution is 1.15. The number of aromatic nitrogens is 2. The third kappa shape index (κ3) is 1.37. The third-order valence-corrected chi connectivity index (χ3v) is 1.54. The van der Waals surface area contributed by atoms with Crippen molar-refractivity contribution >= 4 is 17.2 Å². The molecule has 1 heterocycles. The molecule has 1 aromatic rings. The molecule has 0 aromatic carbocycles. The summed E-state index contributed by atoms with van der Waals surface area (Å²) in [5, 5.41) is 2.93. The summed E-state index contributed by atoms with van der Waals surface area (Å²) in [6.45, 7) is 5.67. The van der Waals surface area contributed by atoms with Gasteiger partial charge in [0, 0.05) is 7.05 Å². The van der Waals surface area contributed by atoms with E-state index >= 15 is 0 Å². The molecular formula is C8H12N4. The molecule has 0 saturated carbocycles. The van der Waals surface area contributed by atoms with E-state index in [9.17, 15) is 0 Å². The standard InChI is InChI=1S/C8H12N4/c1-5(2)6-7(9)11-4-12-8(6)10-3/h4H,1H2,2-3H3,(H3,9,10,11,12). The highest BCUT2D eigenvalue weighted by molar-refractivity contribution is 5.78. The maximum atomic E-state index is 5.65. The van der Waals surface area contributed by atoms with E-state index in [1.54, 1.807) is 7.05 Å². The Kier molecular flexibility index (Phi) is 2.28. The summed E-state index contributed by atoms with van der Waals surface area (Å²) < 4.78 is 0. The summed E-state index contributed by atoms with van der Waals surface area (Å²) in [6, 6.07) is 0. The number of nitrogen functional groups attached to an aromatic ring is 1. The quantitative estimate of drug-likeness (QED) is 0.687. The van der Waals surface area contributed by atoms with Gasteiger partial charge in [-0.2, -0.15) is 0 Å². The molecule has 12 heavy (non-hydrogen) atoms. The van der Waals surface area contributed by atoms with Gasteiger partial charge in [-0.1, -0.05) is 6.58 Å². The lowest BCUT2D eigenvalue weighted by Gasteiger charge is -2.08. The number of allylic oxidation sites excluding steroid dienone is 1. The fourth-order valence-electron chi connectivity index (χ4n) is 1.01. The highest BCUT2D eigenvalue weighted by Crippen LogP contribution is 2.23. The van der Waals surface area contributed by atoms with Crippen molar-refractivity contribution in [2.24, 2.45) is 0 Å². The molecule has 0 aliphatic rings. The van der Waals surface area contributed by atoms with Crippen LogP contribution in [0.1, 0.15) is 12.5 Å².